The van der Waals surface area contributed by atoms with Crippen molar-refractivity contribution in [3.05, 3.63) is 95.0 Å². The first-order chi connectivity index (χ1) is 15.8. The summed E-state index contributed by atoms with van der Waals surface area (Å²) >= 11 is 6.12. The number of rotatable bonds is 10. The number of carbonyl (C=O) groups excluding carboxylic acids is 1. The SMILES string of the molecule is CC(C)(C)OCNC(CC(=O)OCc1ccccc1)Cc1ccc(-c2cccc(Cl)c2)cc1. The molecule has 3 aromatic rings. The molecule has 0 amide bonds. The molecule has 0 bridgehead atoms. The Morgan fingerprint density at radius 1 is 0.909 bits per heavy atom. The molecule has 174 valence electrons. The Labute approximate surface area is 201 Å². The molecular weight excluding hydrogens is 434 g/mol. The molecule has 33 heavy (non-hydrogen) atoms. The van der Waals surface area contributed by atoms with Crippen molar-refractivity contribution in [2.45, 2.75) is 51.9 Å². The minimum Gasteiger partial charge on any atom is -0.461 e. The smallest absolute Gasteiger partial charge is 0.307 e. The number of halogens is 1. The summed E-state index contributed by atoms with van der Waals surface area (Å²) in [4.78, 5) is 12.5. The van der Waals surface area contributed by atoms with Crippen molar-refractivity contribution in [3.63, 3.8) is 0 Å². The van der Waals surface area contributed by atoms with E-state index in [9.17, 15) is 4.79 Å². The molecule has 0 fully saturated rings. The molecule has 1 atom stereocenters. The van der Waals surface area contributed by atoms with Gasteiger partial charge >= 0.3 is 5.97 Å². The highest BCUT2D eigenvalue weighted by molar-refractivity contribution is 6.30. The molecule has 0 heterocycles. The van der Waals surface area contributed by atoms with Crippen molar-refractivity contribution < 1.29 is 14.3 Å². The normalized spacial score (nSPS) is 12.4. The lowest BCUT2D eigenvalue weighted by molar-refractivity contribution is -0.145. The van der Waals surface area contributed by atoms with Gasteiger partial charge < -0.3 is 9.47 Å². The quantitative estimate of drug-likeness (QED) is 0.277. The second-order valence-electron chi connectivity index (χ2n) is 9.06. The highest BCUT2D eigenvalue weighted by atomic mass is 35.5. The first-order valence-electron chi connectivity index (χ1n) is 11.2. The molecule has 0 saturated heterocycles. The Kier molecular flexibility index (Phi) is 9.07. The van der Waals surface area contributed by atoms with Crippen molar-refractivity contribution in [1.82, 2.24) is 5.32 Å². The molecule has 0 aliphatic rings. The van der Waals surface area contributed by atoms with Gasteiger partial charge in [-0.15, -0.1) is 0 Å². The largest absolute Gasteiger partial charge is 0.461 e. The van der Waals surface area contributed by atoms with Crippen LogP contribution in [-0.2, 0) is 27.3 Å². The Bertz CT molecular complexity index is 1010. The average Bonchev–Trinajstić information content (AvgIpc) is 2.78. The van der Waals surface area contributed by atoms with E-state index in [2.05, 4.69) is 29.6 Å². The van der Waals surface area contributed by atoms with Gasteiger partial charge in [0.15, 0.2) is 0 Å². The van der Waals surface area contributed by atoms with E-state index in [1.165, 1.54) is 0 Å². The van der Waals surface area contributed by atoms with Crippen molar-refractivity contribution in [1.29, 1.82) is 0 Å². The molecule has 1 unspecified atom stereocenters. The van der Waals surface area contributed by atoms with Gasteiger partial charge in [-0.2, -0.15) is 0 Å². The van der Waals surface area contributed by atoms with Gasteiger partial charge in [-0.05, 0) is 61.6 Å². The third-order valence-electron chi connectivity index (χ3n) is 5.13. The maximum absolute atomic E-state index is 12.5. The van der Waals surface area contributed by atoms with Crippen molar-refractivity contribution >= 4 is 17.6 Å². The van der Waals surface area contributed by atoms with Crippen LogP contribution in [0, 0.1) is 0 Å². The Hall–Kier alpha value is -2.66. The molecule has 3 aromatic carbocycles. The molecule has 0 radical (unpaired) electrons. The van der Waals surface area contributed by atoms with E-state index in [-0.39, 0.29) is 30.6 Å². The second kappa shape index (κ2) is 12.0. The number of hydrogen-bond acceptors (Lipinski definition) is 4. The van der Waals surface area contributed by atoms with Gasteiger partial charge in [-0.25, -0.2) is 0 Å². The van der Waals surface area contributed by atoms with E-state index in [0.717, 1.165) is 22.3 Å². The van der Waals surface area contributed by atoms with Crippen LogP contribution in [0.3, 0.4) is 0 Å². The summed E-state index contributed by atoms with van der Waals surface area (Å²) in [7, 11) is 0. The number of benzene rings is 3. The van der Waals surface area contributed by atoms with Gasteiger partial charge in [0.1, 0.15) is 6.61 Å². The third-order valence-corrected chi connectivity index (χ3v) is 5.36. The fourth-order valence-corrected chi connectivity index (χ4v) is 3.57. The minimum atomic E-state index is -0.260. The van der Waals surface area contributed by atoms with E-state index in [1.807, 2.05) is 75.4 Å². The third kappa shape index (κ3) is 9.01. The first-order valence-corrected chi connectivity index (χ1v) is 11.6. The van der Waals surface area contributed by atoms with Crippen molar-refractivity contribution in [2.24, 2.45) is 0 Å². The van der Waals surface area contributed by atoms with Crippen LogP contribution in [0.1, 0.15) is 38.3 Å². The van der Waals surface area contributed by atoms with Gasteiger partial charge in [0.2, 0.25) is 0 Å². The van der Waals surface area contributed by atoms with Gasteiger partial charge in [-0.3, -0.25) is 10.1 Å². The average molecular weight is 466 g/mol. The fourth-order valence-electron chi connectivity index (χ4n) is 3.38. The van der Waals surface area contributed by atoms with Gasteiger partial charge in [0.25, 0.3) is 0 Å². The summed E-state index contributed by atoms with van der Waals surface area (Å²) in [5.74, 6) is -0.234. The molecule has 4 nitrogen and oxygen atoms in total. The molecule has 1 N–H and O–H groups in total. The van der Waals surface area contributed by atoms with Crippen LogP contribution in [-0.4, -0.2) is 24.3 Å². The number of ether oxygens (including phenoxy) is 2. The van der Waals surface area contributed by atoms with Crippen LogP contribution >= 0.6 is 11.6 Å². The molecular formula is C28H32ClNO3. The first kappa shape index (κ1) is 25.0. The van der Waals surface area contributed by atoms with Crippen LogP contribution in [0.4, 0.5) is 0 Å². The Morgan fingerprint density at radius 3 is 2.30 bits per heavy atom. The number of nitrogens with one attached hydrogen (secondary N) is 1. The topological polar surface area (TPSA) is 47.6 Å². The lowest BCUT2D eigenvalue weighted by Gasteiger charge is -2.23. The van der Waals surface area contributed by atoms with Crippen LogP contribution < -0.4 is 5.32 Å². The predicted octanol–water partition coefficient (Wildman–Crippen LogP) is 6.41. The molecule has 0 saturated carbocycles. The number of carbonyl (C=O) groups is 1. The summed E-state index contributed by atoms with van der Waals surface area (Å²) in [5, 5.41) is 4.08. The zero-order valence-electron chi connectivity index (χ0n) is 19.5. The fraction of sp³-hybridized carbons (Fsp3) is 0.321. The van der Waals surface area contributed by atoms with Crippen molar-refractivity contribution in [3.8, 4) is 11.1 Å². The van der Waals surface area contributed by atoms with Crippen molar-refractivity contribution in [2.75, 3.05) is 6.73 Å². The van der Waals surface area contributed by atoms with Crippen LogP contribution in [0.2, 0.25) is 5.02 Å². The van der Waals surface area contributed by atoms with E-state index < -0.39 is 0 Å². The lowest BCUT2D eigenvalue weighted by Crippen LogP contribution is -2.38. The predicted molar refractivity (Wildman–Crippen MR) is 134 cm³/mol. The molecule has 0 aliphatic heterocycles. The van der Waals surface area contributed by atoms with Gasteiger partial charge in [-0.1, -0.05) is 78.3 Å². The molecule has 3 rings (SSSR count). The summed E-state index contributed by atoms with van der Waals surface area (Å²) in [5.41, 5.74) is 4.02. The maximum Gasteiger partial charge on any atom is 0.307 e. The highest BCUT2D eigenvalue weighted by Crippen LogP contribution is 2.23. The Morgan fingerprint density at radius 2 is 1.64 bits per heavy atom. The standard InChI is InChI=1S/C28H32ClNO3/c1-28(2,3)33-20-30-26(18-27(31)32-19-22-8-5-4-6-9-22)16-21-12-14-23(15-13-21)24-10-7-11-25(29)17-24/h4-15,17,26,30H,16,18-20H2,1-3H3. The summed E-state index contributed by atoms with van der Waals surface area (Å²) in [6, 6.07) is 25.7. The minimum absolute atomic E-state index is 0.104. The van der Waals surface area contributed by atoms with Gasteiger partial charge in [0, 0.05) is 11.1 Å². The maximum atomic E-state index is 12.5. The summed E-state index contributed by atoms with van der Waals surface area (Å²) in [6.45, 7) is 6.66. The van der Waals surface area contributed by atoms with Crippen LogP contribution in [0.5, 0.6) is 0 Å². The summed E-state index contributed by atoms with van der Waals surface area (Å²) in [6.07, 6.45) is 0.945. The summed E-state index contributed by atoms with van der Waals surface area (Å²) < 4.78 is 11.3. The van der Waals surface area contributed by atoms with E-state index >= 15 is 0 Å². The molecule has 0 aromatic heterocycles. The van der Waals surface area contributed by atoms with E-state index in [0.29, 0.717) is 18.2 Å². The van der Waals surface area contributed by atoms with E-state index in [1.54, 1.807) is 0 Å². The highest BCUT2D eigenvalue weighted by Gasteiger charge is 2.17. The number of hydrogen-bond donors (Lipinski definition) is 1. The number of esters is 1. The molecule has 0 aliphatic carbocycles. The monoisotopic (exact) mass is 465 g/mol. The van der Waals surface area contributed by atoms with Gasteiger partial charge in [0.05, 0.1) is 18.8 Å². The Balaban J connectivity index is 1.62. The molecule has 5 heteroatoms. The molecule has 0 spiro atoms. The van der Waals surface area contributed by atoms with Crippen LogP contribution in [0.15, 0.2) is 78.9 Å². The van der Waals surface area contributed by atoms with E-state index in [4.69, 9.17) is 21.1 Å². The van der Waals surface area contributed by atoms with Crippen LogP contribution in [0.25, 0.3) is 11.1 Å². The zero-order chi connectivity index (χ0) is 23.7. The zero-order valence-corrected chi connectivity index (χ0v) is 20.3. The lowest BCUT2D eigenvalue weighted by atomic mass is 9.99. The second-order valence-corrected chi connectivity index (χ2v) is 9.50.